The molecule has 1 aliphatic rings. The first kappa shape index (κ1) is 22.2. The largest absolute Gasteiger partial charge is 0.356 e. The Hall–Kier alpha value is -2.10. The number of hydrogen-bond acceptors (Lipinski definition) is 3. The molecular formula is C20H29IN6O. The van der Waals surface area contributed by atoms with E-state index in [-0.39, 0.29) is 35.8 Å². The summed E-state index contributed by atoms with van der Waals surface area (Å²) in [4.78, 5) is 16.3. The molecule has 0 bridgehead atoms. The number of anilines is 1. The number of nitrogens with one attached hydrogen (secondary N) is 3. The summed E-state index contributed by atoms with van der Waals surface area (Å²) >= 11 is 0. The van der Waals surface area contributed by atoms with Gasteiger partial charge in [-0.1, -0.05) is 18.2 Å². The number of rotatable bonds is 5. The van der Waals surface area contributed by atoms with Gasteiger partial charge in [-0.15, -0.1) is 24.0 Å². The molecule has 8 heteroatoms. The number of para-hydroxylation sites is 1. The fourth-order valence-corrected chi connectivity index (χ4v) is 3.61. The van der Waals surface area contributed by atoms with E-state index >= 15 is 0 Å². The van der Waals surface area contributed by atoms with Crippen molar-refractivity contribution in [3.05, 3.63) is 46.8 Å². The molecule has 1 aromatic carbocycles. The summed E-state index contributed by atoms with van der Waals surface area (Å²) in [7, 11) is 3.73. The number of halogens is 1. The summed E-state index contributed by atoms with van der Waals surface area (Å²) in [5.74, 6) is 0.944. The van der Waals surface area contributed by atoms with Crippen LogP contribution in [0.4, 0.5) is 5.69 Å². The van der Waals surface area contributed by atoms with E-state index < -0.39 is 0 Å². The first-order chi connectivity index (χ1) is 13.0. The summed E-state index contributed by atoms with van der Waals surface area (Å²) < 4.78 is 1.92. The van der Waals surface area contributed by atoms with E-state index in [9.17, 15) is 4.79 Å². The van der Waals surface area contributed by atoms with Crippen LogP contribution in [0.1, 0.15) is 34.9 Å². The van der Waals surface area contributed by atoms with Crippen molar-refractivity contribution in [2.24, 2.45) is 12.0 Å². The molecular weight excluding hydrogens is 467 g/mol. The molecule has 0 fully saturated rings. The molecule has 28 heavy (non-hydrogen) atoms. The summed E-state index contributed by atoms with van der Waals surface area (Å²) in [6, 6.07) is 7.98. The minimum atomic E-state index is 0. The maximum Gasteiger partial charge on any atom is 0.225 e. The molecule has 0 saturated carbocycles. The predicted octanol–water partition coefficient (Wildman–Crippen LogP) is 2.49. The second-order valence-electron chi connectivity index (χ2n) is 6.94. The van der Waals surface area contributed by atoms with Crippen LogP contribution in [0.15, 0.2) is 29.3 Å². The predicted molar refractivity (Wildman–Crippen MR) is 124 cm³/mol. The fraction of sp³-hybridized carbons (Fsp3) is 0.450. The van der Waals surface area contributed by atoms with Gasteiger partial charge in [0, 0.05) is 50.9 Å². The van der Waals surface area contributed by atoms with Crippen molar-refractivity contribution < 1.29 is 4.79 Å². The molecule has 1 aromatic heterocycles. The van der Waals surface area contributed by atoms with Gasteiger partial charge in [0.2, 0.25) is 5.91 Å². The van der Waals surface area contributed by atoms with Crippen LogP contribution >= 0.6 is 24.0 Å². The Labute approximate surface area is 183 Å². The van der Waals surface area contributed by atoms with Crippen LogP contribution in [0.25, 0.3) is 0 Å². The molecule has 2 heterocycles. The maximum absolute atomic E-state index is 12.0. The molecule has 152 valence electrons. The normalized spacial score (nSPS) is 16.1. The second kappa shape index (κ2) is 9.90. The number of hydrogen-bond donors (Lipinski definition) is 3. The Bertz CT molecular complexity index is 860. The minimum absolute atomic E-state index is 0. The van der Waals surface area contributed by atoms with Crippen molar-refractivity contribution in [3.8, 4) is 0 Å². The van der Waals surface area contributed by atoms with E-state index in [4.69, 9.17) is 0 Å². The maximum atomic E-state index is 12.0. The Morgan fingerprint density at radius 3 is 2.75 bits per heavy atom. The third-order valence-corrected chi connectivity index (χ3v) is 5.17. The van der Waals surface area contributed by atoms with Gasteiger partial charge in [0.05, 0.1) is 5.69 Å². The van der Waals surface area contributed by atoms with Gasteiger partial charge in [-0.3, -0.25) is 14.5 Å². The highest BCUT2D eigenvalue weighted by molar-refractivity contribution is 14.0. The van der Waals surface area contributed by atoms with Crippen molar-refractivity contribution in [2.75, 3.05) is 25.5 Å². The van der Waals surface area contributed by atoms with Gasteiger partial charge in [-0.25, -0.2) is 0 Å². The van der Waals surface area contributed by atoms with Crippen LogP contribution in [0.3, 0.4) is 0 Å². The molecule has 1 amide bonds. The molecule has 2 aromatic rings. The van der Waals surface area contributed by atoms with Gasteiger partial charge >= 0.3 is 0 Å². The Balaban J connectivity index is 0.00000280. The number of carbonyl (C=O) groups is 1. The summed E-state index contributed by atoms with van der Waals surface area (Å²) in [5, 5.41) is 14.1. The van der Waals surface area contributed by atoms with Gasteiger partial charge in [-0.05, 0) is 37.5 Å². The SMILES string of the molecule is CN=C(NCCc1c(C)nn(C)c1C)NCC1CC(=O)Nc2ccccc21.I. The third kappa shape index (κ3) is 5.03. The summed E-state index contributed by atoms with van der Waals surface area (Å²) in [6.07, 6.45) is 1.37. The molecule has 3 N–H and O–H groups in total. The monoisotopic (exact) mass is 496 g/mol. The Kier molecular flexibility index (Phi) is 7.85. The number of aromatic nitrogens is 2. The van der Waals surface area contributed by atoms with Gasteiger partial charge in [0.1, 0.15) is 0 Å². The van der Waals surface area contributed by atoms with E-state index in [0.717, 1.165) is 30.3 Å². The van der Waals surface area contributed by atoms with Gasteiger partial charge in [-0.2, -0.15) is 5.10 Å². The lowest BCUT2D eigenvalue weighted by Gasteiger charge is -2.26. The van der Waals surface area contributed by atoms with Crippen LogP contribution in [-0.2, 0) is 18.3 Å². The van der Waals surface area contributed by atoms with E-state index in [1.54, 1.807) is 7.05 Å². The van der Waals surface area contributed by atoms with Crippen LogP contribution in [0.2, 0.25) is 0 Å². The minimum Gasteiger partial charge on any atom is -0.356 e. The summed E-state index contributed by atoms with van der Waals surface area (Å²) in [5.41, 5.74) is 5.62. The lowest BCUT2D eigenvalue weighted by Crippen LogP contribution is -2.41. The van der Waals surface area contributed by atoms with E-state index in [1.165, 1.54) is 16.8 Å². The van der Waals surface area contributed by atoms with Crippen LogP contribution in [-0.4, -0.2) is 41.8 Å². The molecule has 0 aliphatic carbocycles. The van der Waals surface area contributed by atoms with Gasteiger partial charge in [0.15, 0.2) is 5.96 Å². The standard InChI is InChI=1S/C20H28N6O.HI/c1-13-16(14(2)26(4)25-13)9-10-22-20(21-3)23-12-15-11-19(27)24-18-8-6-5-7-17(15)18;/h5-8,15H,9-12H2,1-4H3,(H,24,27)(H2,21,22,23);1H. The van der Waals surface area contributed by atoms with Crippen molar-refractivity contribution in [1.82, 2.24) is 20.4 Å². The molecule has 1 unspecified atom stereocenters. The van der Waals surface area contributed by atoms with Crippen LogP contribution < -0.4 is 16.0 Å². The van der Waals surface area contributed by atoms with Crippen molar-refractivity contribution >= 4 is 41.5 Å². The number of benzene rings is 1. The van der Waals surface area contributed by atoms with Crippen molar-refractivity contribution in [2.45, 2.75) is 32.6 Å². The van der Waals surface area contributed by atoms with Crippen LogP contribution in [0, 0.1) is 13.8 Å². The average Bonchev–Trinajstić information content (AvgIpc) is 2.89. The van der Waals surface area contributed by atoms with Gasteiger partial charge in [0.25, 0.3) is 0 Å². The molecule has 3 rings (SSSR count). The van der Waals surface area contributed by atoms with Gasteiger partial charge < -0.3 is 16.0 Å². The molecule has 1 aliphatic heterocycles. The lowest BCUT2D eigenvalue weighted by molar-refractivity contribution is -0.116. The molecule has 7 nitrogen and oxygen atoms in total. The number of amides is 1. The second-order valence-corrected chi connectivity index (χ2v) is 6.94. The van der Waals surface area contributed by atoms with Crippen molar-refractivity contribution in [3.63, 3.8) is 0 Å². The highest BCUT2D eigenvalue weighted by Crippen LogP contribution is 2.31. The number of aryl methyl sites for hydroxylation is 2. The number of guanidine groups is 1. The molecule has 0 saturated heterocycles. The third-order valence-electron chi connectivity index (χ3n) is 5.17. The van der Waals surface area contributed by atoms with Crippen molar-refractivity contribution in [1.29, 1.82) is 0 Å². The number of nitrogens with zero attached hydrogens (tertiary/aromatic N) is 3. The quantitative estimate of drug-likeness (QED) is 0.338. The topological polar surface area (TPSA) is 83.3 Å². The van der Waals surface area contributed by atoms with E-state index in [1.807, 2.05) is 36.9 Å². The Morgan fingerprint density at radius 1 is 1.32 bits per heavy atom. The zero-order chi connectivity index (χ0) is 19.4. The van der Waals surface area contributed by atoms with Crippen LogP contribution in [0.5, 0.6) is 0 Å². The zero-order valence-corrected chi connectivity index (χ0v) is 19.2. The number of aliphatic imine (C=N–C) groups is 1. The number of fused-ring (bicyclic) bond motifs is 1. The summed E-state index contributed by atoms with van der Waals surface area (Å²) in [6.45, 7) is 5.57. The molecule has 0 spiro atoms. The smallest absolute Gasteiger partial charge is 0.225 e. The first-order valence-electron chi connectivity index (χ1n) is 9.32. The van der Waals surface area contributed by atoms with E-state index in [2.05, 4.69) is 39.0 Å². The highest BCUT2D eigenvalue weighted by atomic mass is 127. The first-order valence-corrected chi connectivity index (χ1v) is 9.32. The number of carbonyl (C=O) groups excluding carboxylic acids is 1. The lowest BCUT2D eigenvalue weighted by atomic mass is 9.90. The van der Waals surface area contributed by atoms with E-state index in [0.29, 0.717) is 13.0 Å². The Morgan fingerprint density at radius 2 is 2.07 bits per heavy atom. The fourth-order valence-electron chi connectivity index (χ4n) is 3.61. The molecule has 1 atom stereocenters. The highest BCUT2D eigenvalue weighted by Gasteiger charge is 2.24. The average molecular weight is 496 g/mol. The molecule has 0 radical (unpaired) electrons. The zero-order valence-electron chi connectivity index (χ0n) is 16.9.